The fourth-order valence-electron chi connectivity index (χ4n) is 1.90. The van der Waals surface area contributed by atoms with Crippen LogP contribution in [0.25, 0.3) is 11.1 Å². The molecule has 1 unspecified atom stereocenters. The van der Waals surface area contributed by atoms with Crippen LogP contribution in [-0.2, 0) is 0 Å². The van der Waals surface area contributed by atoms with Crippen LogP contribution in [-0.4, -0.2) is 12.2 Å². The van der Waals surface area contributed by atoms with Gasteiger partial charge in [-0.15, -0.1) is 0 Å². The van der Waals surface area contributed by atoms with E-state index in [1.807, 2.05) is 43.3 Å². The minimum atomic E-state index is -0.199. The normalized spacial score (nSPS) is 12.2. The molecule has 0 spiro atoms. The van der Waals surface area contributed by atoms with Crippen molar-refractivity contribution in [2.75, 3.05) is 7.11 Å². The third-order valence-corrected chi connectivity index (χ3v) is 2.92. The molecular formula is C15H17NO2. The summed E-state index contributed by atoms with van der Waals surface area (Å²) in [4.78, 5) is 0. The average Bonchev–Trinajstić information content (AvgIpc) is 2.39. The van der Waals surface area contributed by atoms with Gasteiger partial charge in [-0.3, -0.25) is 0 Å². The molecular weight excluding hydrogens is 226 g/mol. The van der Waals surface area contributed by atoms with Crippen molar-refractivity contribution in [2.24, 2.45) is 5.73 Å². The summed E-state index contributed by atoms with van der Waals surface area (Å²) in [6.07, 6.45) is 0. The van der Waals surface area contributed by atoms with E-state index >= 15 is 0 Å². The van der Waals surface area contributed by atoms with Crippen molar-refractivity contribution in [3.63, 3.8) is 0 Å². The summed E-state index contributed by atoms with van der Waals surface area (Å²) in [7, 11) is 1.64. The topological polar surface area (TPSA) is 55.5 Å². The highest BCUT2D eigenvalue weighted by atomic mass is 16.5. The molecule has 0 amide bonds. The Morgan fingerprint density at radius 3 is 2.50 bits per heavy atom. The second kappa shape index (κ2) is 5.10. The summed E-state index contributed by atoms with van der Waals surface area (Å²) < 4.78 is 5.20. The molecule has 18 heavy (non-hydrogen) atoms. The van der Waals surface area contributed by atoms with Crippen molar-refractivity contribution in [1.29, 1.82) is 0 Å². The van der Waals surface area contributed by atoms with E-state index in [0.29, 0.717) is 0 Å². The maximum absolute atomic E-state index is 9.75. The summed E-state index contributed by atoms with van der Waals surface area (Å²) in [6.45, 7) is 1.85. The molecule has 0 aliphatic carbocycles. The largest absolute Gasteiger partial charge is 0.508 e. The molecule has 0 fully saturated rings. The zero-order valence-corrected chi connectivity index (χ0v) is 10.6. The lowest BCUT2D eigenvalue weighted by molar-refractivity contribution is 0.415. The van der Waals surface area contributed by atoms with E-state index in [0.717, 1.165) is 22.4 Å². The Labute approximate surface area is 107 Å². The molecule has 3 N–H and O–H groups in total. The van der Waals surface area contributed by atoms with Crippen LogP contribution >= 0.6 is 0 Å². The number of phenols is 1. The quantitative estimate of drug-likeness (QED) is 0.871. The number of nitrogens with two attached hydrogens (primary N) is 1. The van der Waals surface area contributed by atoms with Crippen LogP contribution in [0.1, 0.15) is 18.5 Å². The van der Waals surface area contributed by atoms with Gasteiger partial charge in [0.1, 0.15) is 11.5 Å². The molecule has 2 aromatic rings. The van der Waals surface area contributed by atoms with Gasteiger partial charge in [-0.2, -0.15) is 0 Å². The fraction of sp³-hybridized carbons (Fsp3) is 0.200. The van der Waals surface area contributed by atoms with Crippen molar-refractivity contribution in [3.05, 3.63) is 48.0 Å². The first kappa shape index (κ1) is 12.5. The number of methoxy groups -OCH3 is 1. The van der Waals surface area contributed by atoms with Crippen LogP contribution in [0.15, 0.2) is 42.5 Å². The van der Waals surface area contributed by atoms with E-state index < -0.39 is 0 Å². The molecule has 2 aromatic carbocycles. The van der Waals surface area contributed by atoms with E-state index in [-0.39, 0.29) is 11.8 Å². The van der Waals surface area contributed by atoms with E-state index in [2.05, 4.69) is 0 Å². The van der Waals surface area contributed by atoms with Crippen molar-refractivity contribution >= 4 is 0 Å². The zero-order chi connectivity index (χ0) is 13.1. The first-order valence-electron chi connectivity index (χ1n) is 5.84. The summed E-state index contributed by atoms with van der Waals surface area (Å²) in [5.41, 5.74) is 8.63. The number of hydrogen-bond acceptors (Lipinski definition) is 3. The van der Waals surface area contributed by atoms with Crippen molar-refractivity contribution < 1.29 is 9.84 Å². The SMILES string of the molecule is COc1cccc(-c2ccc(O)c(C(C)N)c2)c1. The molecule has 0 saturated heterocycles. The third-order valence-electron chi connectivity index (χ3n) is 2.92. The van der Waals surface area contributed by atoms with Crippen LogP contribution < -0.4 is 10.5 Å². The number of hydrogen-bond donors (Lipinski definition) is 2. The standard InChI is InChI=1S/C15H17NO2/c1-10(16)14-9-12(6-7-15(14)17)11-4-3-5-13(8-11)18-2/h3-10,17H,16H2,1-2H3. The minimum Gasteiger partial charge on any atom is -0.508 e. The fourth-order valence-corrected chi connectivity index (χ4v) is 1.90. The predicted octanol–water partition coefficient (Wildman–Crippen LogP) is 3.09. The zero-order valence-electron chi connectivity index (χ0n) is 10.6. The van der Waals surface area contributed by atoms with Gasteiger partial charge in [-0.1, -0.05) is 18.2 Å². The van der Waals surface area contributed by atoms with Gasteiger partial charge in [0, 0.05) is 11.6 Å². The van der Waals surface area contributed by atoms with E-state index in [1.165, 1.54) is 0 Å². The smallest absolute Gasteiger partial charge is 0.120 e. The number of aromatic hydroxyl groups is 1. The summed E-state index contributed by atoms with van der Waals surface area (Å²) >= 11 is 0. The molecule has 2 rings (SSSR count). The van der Waals surface area contributed by atoms with Gasteiger partial charge in [-0.25, -0.2) is 0 Å². The van der Waals surface area contributed by atoms with Crippen LogP contribution in [0.3, 0.4) is 0 Å². The number of phenolic OH excluding ortho intramolecular Hbond substituents is 1. The highest BCUT2D eigenvalue weighted by Crippen LogP contribution is 2.30. The summed E-state index contributed by atoms with van der Waals surface area (Å²) in [6, 6.07) is 13.0. The van der Waals surface area contributed by atoms with Crippen molar-refractivity contribution in [1.82, 2.24) is 0 Å². The summed E-state index contributed by atoms with van der Waals surface area (Å²) in [5.74, 6) is 1.04. The predicted molar refractivity (Wildman–Crippen MR) is 72.7 cm³/mol. The van der Waals surface area contributed by atoms with Gasteiger partial charge in [0.25, 0.3) is 0 Å². The molecule has 0 aliphatic heterocycles. The molecule has 0 aromatic heterocycles. The maximum atomic E-state index is 9.75. The molecule has 3 heteroatoms. The van der Waals surface area contributed by atoms with E-state index in [1.54, 1.807) is 13.2 Å². The average molecular weight is 243 g/mol. The lowest BCUT2D eigenvalue weighted by Crippen LogP contribution is -2.05. The molecule has 0 heterocycles. The molecule has 0 bridgehead atoms. The Morgan fingerprint density at radius 1 is 1.11 bits per heavy atom. The number of rotatable bonds is 3. The Balaban J connectivity index is 2.47. The maximum Gasteiger partial charge on any atom is 0.120 e. The lowest BCUT2D eigenvalue weighted by Gasteiger charge is -2.11. The van der Waals surface area contributed by atoms with E-state index in [4.69, 9.17) is 10.5 Å². The second-order valence-corrected chi connectivity index (χ2v) is 4.29. The monoisotopic (exact) mass is 243 g/mol. The van der Waals surface area contributed by atoms with Gasteiger partial charge >= 0.3 is 0 Å². The second-order valence-electron chi connectivity index (χ2n) is 4.29. The van der Waals surface area contributed by atoms with Gasteiger partial charge < -0.3 is 15.6 Å². The van der Waals surface area contributed by atoms with Crippen LogP contribution in [0.4, 0.5) is 0 Å². The van der Waals surface area contributed by atoms with Crippen LogP contribution in [0.5, 0.6) is 11.5 Å². The first-order valence-corrected chi connectivity index (χ1v) is 5.84. The highest BCUT2D eigenvalue weighted by Gasteiger charge is 2.08. The number of ether oxygens (including phenoxy) is 1. The molecule has 0 aliphatic rings. The van der Waals surface area contributed by atoms with Gasteiger partial charge in [0.05, 0.1) is 7.11 Å². The van der Waals surface area contributed by atoms with Gasteiger partial charge in [0.15, 0.2) is 0 Å². The first-order chi connectivity index (χ1) is 8.61. The van der Waals surface area contributed by atoms with Crippen LogP contribution in [0.2, 0.25) is 0 Å². The Hall–Kier alpha value is -2.00. The number of benzene rings is 2. The van der Waals surface area contributed by atoms with Crippen molar-refractivity contribution in [2.45, 2.75) is 13.0 Å². The van der Waals surface area contributed by atoms with E-state index in [9.17, 15) is 5.11 Å². The Bertz CT molecular complexity index is 550. The third kappa shape index (κ3) is 2.46. The van der Waals surface area contributed by atoms with Crippen LogP contribution in [0, 0.1) is 0 Å². The summed E-state index contributed by atoms with van der Waals surface area (Å²) in [5, 5.41) is 9.75. The minimum absolute atomic E-state index is 0.199. The van der Waals surface area contributed by atoms with Gasteiger partial charge in [-0.05, 0) is 42.3 Å². The molecule has 94 valence electrons. The molecule has 0 radical (unpaired) electrons. The molecule has 3 nitrogen and oxygen atoms in total. The molecule has 1 atom stereocenters. The highest BCUT2D eigenvalue weighted by molar-refractivity contribution is 5.67. The Kier molecular flexibility index (Phi) is 3.53. The molecule has 0 saturated carbocycles. The Morgan fingerprint density at radius 2 is 1.83 bits per heavy atom. The van der Waals surface area contributed by atoms with Gasteiger partial charge in [0.2, 0.25) is 0 Å². The lowest BCUT2D eigenvalue weighted by atomic mass is 9.99. The van der Waals surface area contributed by atoms with Crippen molar-refractivity contribution in [3.8, 4) is 22.6 Å².